The average Bonchev–Trinajstić information content (AvgIpc) is 3.06. The van der Waals surface area contributed by atoms with Crippen molar-refractivity contribution in [2.75, 3.05) is 6.54 Å². The molecule has 6 heteroatoms. The Morgan fingerprint density at radius 3 is 2.86 bits per heavy atom. The van der Waals surface area contributed by atoms with Gasteiger partial charge >= 0.3 is 0 Å². The molecule has 1 amide bonds. The van der Waals surface area contributed by atoms with E-state index >= 15 is 0 Å². The van der Waals surface area contributed by atoms with Crippen LogP contribution in [0.25, 0.3) is 0 Å². The number of rotatable bonds is 3. The summed E-state index contributed by atoms with van der Waals surface area (Å²) in [5.41, 5.74) is 3.48. The highest BCUT2D eigenvalue weighted by molar-refractivity contribution is 5.95. The van der Waals surface area contributed by atoms with E-state index < -0.39 is 0 Å². The van der Waals surface area contributed by atoms with Crippen LogP contribution in [-0.4, -0.2) is 43.1 Å². The molecule has 1 fully saturated rings. The maximum atomic E-state index is 12.8. The number of aryl methyl sites for hydroxylation is 3. The molecule has 0 spiro atoms. The van der Waals surface area contributed by atoms with Crippen LogP contribution in [0.15, 0.2) is 18.6 Å². The number of nitrogens with zero attached hydrogens (tertiary/aromatic N) is 5. The second-order valence-corrected chi connectivity index (χ2v) is 5.93. The molecule has 0 unspecified atom stereocenters. The van der Waals surface area contributed by atoms with Gasteiger partial charge in [0.25, 0.3) is 5.91 Å². The molecular weight excluding hydrogens is 278 g/mol. The fourth-order valence-corrected chi connectivity index (χ4v) is 3.11. The first-order valence-corrected chi connectivity index (χ1v) is 7.65. The topological polar surface area (TPSA) is 63.9 Å². The number of hydrogen-bond acceptors (Lipinski definition) is 4. The summed E-state index contributed by atoms with van der Waals surface area (Å²) >= 11 is 0. The Hall–Kier alpha value is -2.24. The van der Waals surface area contributed by atoms with Gasteiger partial charge in [-0.2, -0.15) is 5.10 Å². The summed E-state index contributed by atoms with van der Waals surface area (Å²) in [4.78, 5) is 22.8. The number of amides is 1. The third-order valence-electron chi connectivity index (χ3n) is 4.27. The number of likely N-dealkylation sites (tertiary alicyclic amines) is 1. The number of hydrogen-bond donors (Lipinski definition) is 0. The van der Waals surface area contributed by atoms with Gasteiger partial charge < -0.3 is 4.90 Å². The Kier molecular flexibility index (Phi) is 3.92. The molecule has 0 radical (unpaired) electrons. The minimum Gasteiger partial charge on any atom is -0.334 e. The minimum atomic E-state index is 0.0298. The van der Waals surface area contributed by atoms with E-state index in [0.717, 1.165) is 43.0 Å². The highest BCUT2D eigenvalue weighted by atomic mass is 16.2. The van der Waals surface area contributed by atoms with Crippen LogP contribution in [0, 0.1) is 20.8 Å². The molecule has 0 N–H and O–H groups in total. The summed E-state index contributed by atoms with van der Waals surface area (Å²) in [7, 11) is 0. The number of carbonyl (C=O) groups is 1. The number of aromatic nitrogens is 4. The molecule has 6 nitrogen and oxygen atoms in total. The van der Waals surface area contributed by atoms with Gasteiger partial charge in [0.05, 0.1) is 29.5 Å². The summed E-state index contributed by atoms with van der Waals surface area (Å²) < 4.78 is 2.00. The molecule has 3 heterocycles. The molecule has 0 bridgehead atoms. The van der Waals surface area contributed by atoms with Gasteiger partial charge in [0.1, 0.15) is 6.33 Å². The maximum absolute atomic E-state index is 12.8. The molecule has 1 saturated heterocycles. The predicted octanol–water partition coefficient (Wildman–Crippen LogP) is 1.90. The van der Waals surface area contributed by atoms with Gasteiger partial charge in [-0.05, 0) is 39.7 Å². The quantitative estimate of drug-likeness (QED) is 0.868. The molecule has 2 aromatic rings. The van der Waals surface area contributed by atoms with E-state index in [-0.39, 0.29) is 11.9 Å². The van der Waals surface area contributed by atoms with Crippen LogP contribution in [0.1, 0.15) is 40.3 Å². The molecular formula is C16H21N5O. The van der Waals surface area contributed by atoms with Crippen molar-refractivity contribution in [3.05, 3.63) is 41.2 Å². The first-order chi connectivity index (χ1) is 10.6. The zero-order valence-corrected chi connectivity index (χ0v) is 13.3. The summed E-state index contributed by atoms with van der Waals surface area (Å²) in [6, 6.07) is 2.25. The lowest BCUT2D eigenvalue weighted by atomic mass is 10.2. The minimum absolute atomic E-state index is 0.0298. The van der Waals surface area contributed by atoms with Crippen LogP contribution >= 0.6 is 0 Å². The molecule has 3 rings (SSSR count). The zero-order valence-electron chi connectivity index (χ0n) is 13.3. The summed E-state index contributed by atoms with van der Waals surface area (Å²) in [6.45, 7) is 7.43. The molecule has 0 aliphatic carbocycles. The highest BCUT2D eigenvalue weighted by Crippen LogP contribution is 2.22. The lowest BCUT2D eigenvalue weighted by Gasteiger charge is -2.25. The molecule has 1 atom stereocenters. The Labute approximate surface area is 130 Å². The van der Waals surface area contributed by atoms with Gasteiger partial charge in [-0.25, -0.2) is 9.97 Å². The van der Waals surface area contributed by atoms with Crippen molar-refractivity contribution < 1.29 is 4.79 Å². The van der Waals surface area contributed by atoms with Crippen molar-refractivity contribution in [3.8, 4) is 0 Å². The van der Waals surface area contributed by atoms with E-state index in [4.69, 9.17) is 0 Å². The lowest BCUT2D eigenvalue weighted by molar-refractivity contribution is 0.0719. The fourth-order valence-electron chi connectivity index (χ4n) is 3.11. The molecule has 0 saturated carbocycles. The van der Waals surface area contributed by atoms with Crippen molar-refractivity contribution in [2.45, 2.75) is 46.2 Å². The van der Waals surface area contributed by atoms with Crippen molar-refractivity contribution >= 4 is 5.91 Å². The number of carbonyl (C=O) groups excluding carboxylic acids is 1. The van der Waals surface area contributed by atoms with Gasteiger partial charge in [0, 0.05) is 18.4 Å². The molecule has 2 aromatic heterocycles. The van der Waals surface area contributed by atoms with E-state index in [0.29, 0.717) is 5.56 Å². The molecule has 1 aliphatic heterocycles. The molecule has 116 valence electrons. The third kappa shape index (κ3) is 2.73. The van der Waals surface area contributed by atoms with Crippen LogP contribution in [-0.2, 0) is 6.54 Å². The Bertz CT molecular complexity index is 694. The van der Waals surface area contributed by atoms with Crippen molar-refractivity contribution in [2.24, 2.45) is 0 Å². The summed E-state index contributed by atoms with van der Waals surface area (Å²) in [5, 5.41) is 4.51. The SMILES string of the molecule is Cc1cc(C)n(C[C@H]2CCCN2C(=O)c2cncnc2C)n1. The Balaban J connectivity index is 1.80. The van der Waals surface area contributed by atoms with E-state index in [2.05, 4.69) is 28.1 Å². The standard InChI is InChI=1S/C16H21N5O/c1-11-7-12(2)21(19-11)9-14-5-4-6-20(14)16(22)15-8-17-10-18-13(15)3/h7-8,10,14H,4-6,9H2,1-3H3/t14-/m1/s1. The van der Waals surface area contributed by atoms with Crippen LogP contribution in [0.3, 0.4) is 0 Å². The Morgan fingerprint density at radius 1 is 1.36 bits per heavy atom. The van der Waals surface area contributed by atoms with Gasteiger partial charge in [-0.15, -0.1) is 0 Å². The highest BCUT2D eigenvalue weighted by Gasteiger charge is 2.31. The fraction of sp³-hybridized carbons (Fsp3) is 0.500. The van der Waals surface area contributed by atoms with E-state index in [9.17, 15) is 4.79 Å². The largest absolute Gasteiger partial charge is 0.334 e. The van der Waals surface area contributed by atoms with Crippen LogP contribution in [0.4, 0.5) is 0 Å². The Morgan fingerprint density at radius 2 is 2.18 bits per heavy atom. The monoisotopic (exact) mass is 299 g/mol. The molecule has 22 heavy (non-hydrogen) atoms. The van der Waals surface area contributed by atoms with Crippen LogP contribution in [0.2, 0.25) is 0 Å². The normalized spacial score (nSPS) is 18.0. The van der Waals surface area contributed by atoms with Crippen LogP contribution in [0.5, 0.6) is 0 Å². The smallest absolute Gasteiger partial charge is 0.257 e. The summed E-state index contributed by atoms with van der Waals surface area (Å²) in [6.07, 6.45) is 5.13. The van der Waals surface area contributed by atoms with E-state index in [1.807, 2.05) is 23.4 Å². The van der Waals surface area contributed by atoms with E-state index in [1.54, 1.807) is 6.20 Å². The van der Waals surface area contributed by atoms with Gasteiger partial charge in [-0.3, -0.25) is 9.48 Å². The van der Waals surface area contributed by atoms with Crippen LogP contribution < -0.4 is 0 Å². The first kappa shape index (κ1) is 14.7. The second kappa shape index (κ2) is 5.87. The van der Waals surface area contributed by atoms with Gasteiger partial charge in [0.15, 0.2) is 0 Å². The van der Waals surface area contributed by atoms with Crippen molar-refractivity contribution in [1.29, 1.82) is 0 Å². The maximum Gasteiger partial charge on any atom is 0.257 e. The van der Waals surface area contributed by atoms with Crippen molar-refractivity contribution in [1.82, 2.24) is 24.6 Å². The lowest BCUT2D eigenvalue weighted by Crippen LogP contribution is -2.39. The third-order valence-corrected chi connectivity index (χ3v) is 4.27. The predicted molar refractivity (Wildman–Crippen MR) is 82.5 cm³/mol. The second-order valence-electron chi connectivity index (χ2n) is 5.93. The molecule has 1 aliphatic rings. The average molecular weight is 299 g/mol. The van der Waals surface area contributed by atoms with E-state index in [1.165, 1.54) is 6.33 Å². The molecule has 0 aromatic carbocycles. The summed E-state index contributed by atoms with van der Waals surface area (Å²) in [5.74, 6) is 0.0298. The van der Waals surface area contributed by atoms with Crippen molar-refractivity contribution in [3.63, 3.8) is 0 Å². The zero-order chi connectivity index (χ0) is 15.7. The van der Waals surface area contributed by atoms with Gasteiger partial charge in [-0.1, -0.05) is 0 Å². The van der Waals surface area contributed by atoms with Gasteiger partial charge in [0.2, 0.25) is 0 Å². The first-order valence-electron chi connectivity index (χ1n) is 7.65.